The summed E-state index contributed by atoms with van der Waals surface area (Å²) in [4.78, 5) is 30.9. The molecule has 1 amide bonds. The van der Waals surface area contributed by atoms with Crippen molar-refractivity contribution in [3.63, 3.8) is 0 Å². The Bertz CT molecular complexity index is 1050. The molecule has 0 aliphatic rings. The van der Waals surface area contributed by atoms with Gasteiger partial charge in [0.1, 0.15) is 6.33 Å². The number of aromatic nitrogens is 2. The minimum absolute atomic E-state index is 0.0948. The predicted molar refractivity (Wildman–Crippen MR) is 106 cm³/mol. The molecule has 0 saturated carbocycles. The number of hydrazine groups is 1. The van der Waals surface area contributed by atoms with Crippen LogP contribution in [0.4, 0.5) is 23.0 Å². The molecule has 11 heteroatoms. The Morgan fingerprint density at radius 1 is 0.964 bits per heavy atom. The molecule has 1 aromatic heterocycles. The lowest BCUT2D eigenvalue weighted by atomic mass is 10.2. The number of para-hydroxylation sites is 1. The first-order chi connectivity index (χ1) is 13.5. The van der Waals surface area contributed by atoms with Crippen molar-refractivity contribution < 1.29 is 9.72 Å². The van der Waals surface area contributed by atoms with Gasteiger partial charge in [0.25, 0.3) is 5.91 Å². The zero-order valence-corrected chi connectivity index (χ0v) is 15.5. The molecule has 3 rings (SSSR count). The minimum Gasteiger partial charge on any atom is -0.333 e. The Kier molecular flexibility index (Phi) is 5.87. The number of nitro groups is 1. The number of carbonyl (C=O) groups excluding carboxylic acids is 1. The number of hydrogen-bond donors (Lipinski definition) is 3. The van der Waals surface area contributed by atoms with Gasteiger partial charge in [-0.05, 0) is 24.3 Å². The molecule has 3 aromatic rings. The van der Waals surface area contributed by atoms with Crippen LogP contribution in [0.2, 0.25) is 10.0 Å². The molecule has 0 aliphatic carbocycles. The van der Waals surface area contributed by atoms with Crippen molar-refractivity contribution in [3.05, 3.63) is 80.6 Å². The Hall–Kier alpha value is -3.43. The van der Waals surface area contributed by atoms with Crippen molar-refractivity contribution in [2.75, 3.05) is 10.7 Å². The fraction of sp³-hybridized carbons (Fsp3) is 0. The number of carbonyl (C=O) groups is 1. The van der Waals surface area contributed by atoms with Crippen LogP contribution in [0.15, 0.2) is 54.9 Å². The average molecular weight is 419 g/mol. The maximum Gasteiger partial charge on any atom is 0.355 e. The number of hydrogen-bond acceptors (Lipinski definition) is 7. The van der Waals surface area contributed by atoms with Crippen LogP contribution in [0, 0.1) is 10.1 Å². The van der Waals surface area contributed by atoms with Gasteiger partial charge in [-0.2, -0.15) is 0 Å². The maximum absolute atomic E-state index is 12.2. The van der Waals surface area contributed by atoms with Gasteiger partial charge < -0.3 is 5.32 Å². The Balaban J connectivity index is 1.85. The SMILES string of the molecule is O=C(NNc1ncnc(Nc2ccccc2Cl)c1[N+](=O)[O-])c1ccccc1Cl. The van der Waals surface area contributed by atoms with Crippen LogP contribution < -0.4 is 16.2 Å². The van der Waals surface area contributed by atoms with Crippen LogP contribution in [0.25, 0.3) is 0 Å². The van der Waals surface area contributed by atoms with Crippen molar-refractivity contribution >= 4 is 52.1 Å². The average Bonchev–Trinajstić information content (AvgIpc) is 2.68. The molecule has 0 saturated heterocycles. The number of rotatable bonds is 6. The van der Waals surface area contributed by atoms with E-state index in [0.717, 1.165) is 6.33 Å². The van der Waals surface area contributed by atoms with Gasteiger partial charge in [0, 0.05) is 0 Å². The van der Waals surface area contributed by atoms with Gasteiger partial charge in [-0.3, -0.25) is 25.8 Å². The zero-order valence-electron chi connectivity index (χ0n) is 14.0. The summed E-state index contributed by atoms with van der Waals surface area (Å²) < 4.78 is 0. The standard InChI is InChI=1S/C17H12Cl2N6O3/c18-11-6-2-1-5-10(11)17(26)24-23-16-14(25(27)28)15(20-9-21-16)22-13-8-4-3-7-12(13)19/h1-9H,(H,24,26)(H2,20,21,22,23). The maximum atomic E-state index is 12.2. The molecule has 0 radical (unpaired) electrons. The summed E-state index contributed by atoms with van der Waals surface area (Å²) in [6.45, 7) is 0. The van der Waals surface area contributed by atoms with E-state index in [4.69, 9.17) is 23.2 Å². The molecule has 142 valence electrons. The van der Waals surface area contributed by atoms with Gasteiger partial charge in [0.05, 0.1) is 26.2 Å². The van der Waals surface area contributed by atoms with Crippen LogP contribution >= 0.6 is 23.2 Å². The predicted octanol–water partition coefficient (Wildman–Crippen LogP) is 4.19. The summed E-state index contributed by atoms with van der Waals surface area (Å²) in [7, 11) is 0. The van der Waals surface area contributed by atoms with Crippen LogP contribution in [-0.2, 0) is 0 Å². The second-order valence-corrected chi connectivity index (χ2v) is 6.15. The van der Waals surface area contributed by atoms with Gasteiger partial charge >= 0.3 is 5.69 Å². The van der Waals surface area contributed by atoms with E-state index in [1.807, 2.05) is 0 Å². The molecule has 0 fully saturated rings. The number of halogens is 2. The first-order valence-corrected chi connectivity index (χ1v) is 8.55. The number of nitrogens with one attached hydrogen (secondary N) is 3. The van der Waals surface area contributed by atoms with Gasteiger partial charge in [-0.1, -0.05) is 47.5 Å². The summed E-state index contributed by atoms with van der Waals surface area (Å²) >= 11 is 12.0. The summed E-state index contributed by atoms with van der Waals surface area (Å²) in [5, 5.41) is 15.0. The van der Waals surface area contributed by atoms with E-state index in [1.54, 1.807) is 42.5 Å². The molecule has 0 unspecified atom stereocenters. The third kappa shape index (κ3) is 4.27. The highest BCUT2D eigenvalue weighted by molar-refractivity contribution is 6.34. The summed E-state index contributed by atoms with van der Waals surface area (Å²) in [5.41, 5.74) is 4.92. The molecule has 28 heavy (non-hydrogen) atoms. The normalized spacial score (nSPS) is 10.2. The Labute approximate surface area is 168 Å². The van der Waals surface area contributed by atoms with Crippen molar-refractivity contribution in [1.29, 1.82) is 0 Å². The largest absolute Gasteiger partial charge is 0.355 e. The van der Waals surface area contributed by atoms with Gasteiger partial charge in [-0.15, -0.1) is 0 Å². The highest BCUT2D eigenvalue weighted by Crippen LogP contribution is 2.32. The molecule has 0 atom stereocenters. The highest BCUT2D eigenvalue weighted by Gasteiger charge is 2.24. The second kappa shape index (κ2) is 8.51. The Morgan fingerprint density at radius 2 is 1.61 bits per heavy atom. The molecular weight excluding hydrogens is 407 g/mol. The van der Waals surface area contributed by atoms with Crippen LogP contribution in [0.5, 0.6) is 0 Å². The second-order valence-electron chi connectivity index (χ2n) is 5.34. The van der Waals surface area contributed by atoms with Crippen molar-refractivity contribution in [2.24, 2.45) is 0 Å². The van der Waals surface area contributed by atoms with Crippen LogP contribution in [-0.4, -0.2) is 20.8 Å². The van der Waals surface area contributed by atoms with E-state index in [-0.39, 0.29) is 22.2 Å². The molecule has 0 spiro atoms. The number of amides is 1. The molecule has 2 aromatic carbocycles. The first-order valence-electron chi connectivity index (χ1n) is 7.79. The topological polar surface area (TPSA) is 122 Å². The zero-order chi connectivity index (χ0) is 20.1. The van der Waals surface area contributed by atoms with Crippen LogP contribution in [0.1, 0.15) is 10.4 Å². The molecular formula is C17H12Cl2N6O3. The summed E-state index contributed by atoms with van der Waals surface area (Å²) in [5.74, 6) is -0.892. The van der Waals surface area contributed by atoms with Crippen LogP contribution in [0.3, 0.4) is 0 Å². The van der Waals surface area contributed by atoms with Crippen molar-refractivity contribution in [1.82, 2.24) is 15.4 Å². The molecule has 0 aliphatic heterocycles. The van der Waals surface area contributed by atoms with Crippen molar-refractivity contribution in [3.8, 4) is 0 Å². The van der Waals surface area contributed by atoms with E-state index in [2.05, 4.69) is 26.1 Å². The van der Waals surface area contributed by atoms with Gasteiger partial charge in [-0.25, -0.2) is 9.97 Å². The molecule has 1 heterocycles. The third-order valence-electron chi connectivity index (χ3n) is 3.54. The smallest absolute Gasteiger partial charge is 0.333 e. The lowest BCUT2D eigenvalue weighted by molar-refractivity contribution is -0.383. The van der Waals surface area contributed by atoms with Gasteiger partial charge in [0.2, 0.25) is 11.6 Å². The quantitative estimate of drug-likeness (QED) is 0.405. The van der Waals surface area contributed by atoms with E-state index >= 15 is 0 Å². The third-order valence-corrected chi connectivity index (χ3v) is 4.20. The van der Waals surface area contributed by atoms with E-state index in [0.29, 0.717) is 10.7 Å². The molecule has 3 N–H and O–H groups in total. The van der Waals surface area contributed by atoms with E-state index in [9.17, 15) is 14.9 Å². The lowest BCUT2D eigenvalue weighted by Crippen LogP contribution is -2.30. The molecule has 0 bridgehead atoms. The van der Waals surface area contributed by atoms with E-state index in [1.165, 1.54) is 6.07 Å². The summed E-state index contributed by atoms with van der Waals surface area (Å²) in [6, 6.07) is 13.1. The van der Waals surface area contributed by atoms with Crippen molar-refractivity contribution in [2.45, 2.75) is 0 Å². The summed E-state index contributed by atoms with van der Waals surface area (Å²) in [6.07, 6.45) is 1.11. The monoisotopic (exact) mass is 418 g/mol. The highest BCUT2D eigenvalue weighted by atomic mass is 35.5. The first kappa shape index (κ1) is 19.3. The number of anilines is 3. The number of benzene rings is 2. The molecule has 9 nitrogen and oxygen atoms in total. The Morgan fingerprint density at radius 3 is 2.29 bits per heavy atom. The minimum atomic E-state index is -0.677. The fourth-order valence-corrected chi connectivity index (χ4v) is 2.66. The number of nitrogens with zero attached hydrogens (tertiary/aromatic N) is 3. The van der Waals surface area contributed by atoms with E-state index < -0.39 is 16.5 Å². The fourth-order valence-electron chi connectivity index (χ4n) is 2.25. The lowest BCUT2D eigenvalue weighted by Gasteiger charge is -2.12. The van der Waals surface area contributed by atoms with Gasteiger partial charge in [0.15, 0.2) is 0 Å².